The molecule has 0 spiro atoms. The molecule has 1 N–H and O–H groups in total. The summed E-state index contributed by atoms with van der Waals surface area (Å²) in [6.45, 7) is 4.87. The monoisotopic (exact) mass is 266 g/mol. The number of hydrogen-bond donors (Lipinski definition) is 1. The van der Waals surface area contributed by atoms with Crippen LogP contribution in [0.5, 0.6) is 0 Å². The number of aryl methyl sites for hydroxylation is 1. The van der Waals surface area contributed by atoms with Crippen LogP contribution in [0.2, 0.25) is 0 Å². The Hall–Kier alpha value is -0.870. The molecule has 2 rings (SSSR count). The summed E-state index contributed by atoms with van der Waals surface area (Å²) in [4.78, 5) is 15.5. The highest BCUT2D eigenvalue weighted by Gasteiger charge is 2.23. The minimum Gasteiger partial charge on any atom is -0.345 e. The Kier molecular flexibility index (Phi) is 4.78. The summed E-state index contributed by atoms with van der Waals surface area (Å²) in [5, 5.41) is 5.43. The van der Waals surface area contributed by atoms with Crippen molar-refractivity contribution in [3.63, 3.8) is 0 Å². The number of hydrogen-bond acceptors (Lipinski definition) is 3. The molecular formula is C14H22N2OS. The first-order valence-electron chi connectivity index (χ1n) is 6.67. The second-order valence-corrected chi connectivity index (χ2v) is 6.08. The predicted octanol–water partition coefficient (Wildman–Crippen LogP) is 2.06. The van der Waals surface area contributed by atoms with Crippen LogP contribution in [-0.4, -0.2) is 37.5 Å². The highest BCUT2D eigenvalue weighted by molar-refractivity contribution is 7.10. The smallest absolute Gasteiger partial charge is 0.226 e. The van der Waals surface area contributed by atoms with Crippen LogP contribution < -0.4 is 5.32 Å². The molecule has 1 fully saturated rings. The highest BCUT2D eigenvalue weighted by Crippen LogP contribution is 2.17. The number of piperidine rings is 1. The van der Waals surface area contributed by atoms with Crippen molar-refractivity contribution >= 4 is 17.2 Å². The van der Waals surface area contributed by atoms with Gasteiger partial charge < -0.3 is 10.2 Å². The molecular weight excluding hydrogens is 244 g/mol. The fourth-order valence-corrected chi connectivity index (χ4v) is 3.31. The van der Waals surface area contributed by atoms with Crippen LogP contribution in [0.3, 0.4) is 0 Å². The maximum absolute atomic E-state index is 12.2. The van der Waals surface area contributed by atoms with E-state index in [0.29, 0.717) is 5.91 Å². The van der Waals surface area contributed by atoms with Crippen LogP contribution in [0.25, 0.3) is 0 Å². The number of likely N-dealkylation sites (N-methyl/N-ethyl adjacent to an activating group) is 1. The summed E-state index contributed by atoms with van der Waals surface area (Å²) in [5.41, 5.74) is 1.35. The molecule has 0 radical (unpaired) electrons. The Bertz CT molecular complexity index is 396. The van der Waals surface area contributed by atoms with Crippen LogP contribution >= 0.6 is 11.3 Å². The third-order valence-corrected chi connectivity index (χ3v) is 4.75. The lowest BCUT2D eigenvalue weighted by Gasteiger charge is -2.27. The van der Waals surface area contributed by atoms with Crippen molar-refractivity contribution < 1.29 is 4.79 Å². The average molecular weight is 266 g/mol. The fraction of sp³-hybridized carbons (Fsp3) is 0.643. The maximum atomic E-state index is 12.2. The number of nitrogens with one attached hydrogen (secondary N) is 1. The molecule has 1 saturated heterocycles. The van der Waals surface area contributed by atoms with Crippen molar-refractivity contribution in [3.8, 4) is 0 Å². The van der Waals surface area contributed by atoms with Gasteiger partial charge in [0.25, 0.3) is 0 Å². The van der Waals surface area contributed by atoms with Crippen molar-refractivity contribution in [2.45, 2.75) is 26.2 Å². The molecule has 1 aromatic rings. The molecule has 1 amide bonds. The van der Waals surface area contributed by atoms with Crippen LogP contribution in [0, 0.1) is 12.8 Å². The SMILES string of the molecule is Cc1ccsc1CCN(C)C(=O)C1CCCNC1. The fourth-order valence-electron chi connectivity index (χ4n) is 2.41. The first kappa shape index (κ1) is 13.6. The summed E-state index contributed by atoms with van der Waals surface area (Å²) in [5.74, 6) is 0.490. The van der Waals surface area contributed by atoms with Crippen LogP contribution in [0.15, 0.2) is 11.4 Å². The normalized spacial score (nSPS) is 19.8. The van der Waals surface area contributed by atoms with Gasteiger partial charge in [0.1, 0.15) is 0 Å². The summed E-state index contributed by atoms with van der Waals surface area (Å²) < 4.78 is 0. The second kappa shape index (κ2) is 6.34. The van der Waals surface area contributed by atoms with E-state index >= 15 is 0 Å². The molecule has 1 aliphatic heterocycles. The molecule has 0 aliphatic carbocycles. The zero-order chi connectivity index (χ0) is 13.0. The predicted molar refractivity (Wildman–Crippen MR) is 76.0 cm³/mol. The van der Waals surface area contributed by atoms with Gasteiger partial charge in [-0.2, -0.15) is 0 Å². The van der Waals surface area contributed by atoms with Gasteiger partial charge in [-0.1, -0.05) is 0 Å². The molecule has 1 aromatic heterocycles. The third kappa shape index (κ3) is 3.33. The van der Waals surface area contributed by atoms with E-state index in [1.54, 1.807) is 11.3 Å². The van der Waals surface area contributed by atoms with Crippen molar-refractivity contribution in [1.82, 2.24) is 10.2 Å². The number of nitrogens with zero attached hydrogens (tertiary/aromatic N) is 1. The molecule has 2 heterocycles. The Labute approximate surface area is 113 Å². The standard InChI is InChI=1S/C14H22N2OS/c1-11-6-9-18-13(11)5-8-16(2)14(17)12-4-3-7-15-10-12/h6,9,12,15H,3-5,7-8,10H2,1-2H3. The van der Waals surface area contributed by atoms with E-state index in [2.05, 4.69) is 23.7 Å². The number of thiophene rings is 1. The minimum atomic E-state index is 0.188. The van der Waals surface area contributed by atoms with Crippen molar-refractivity contribution in [1.29, 1.82) is 0 Å². The number of carbonyl (C=O) groups excluding carboxylic acids is 1. The lowest BCUT2D eigenvalue weighted by molar-refractivity contribution is -0.134. The molecule has 0 bridgehead atoms. The van der Waals surface area contributed by atoms with Gasteiger partial charge in [-0.3, -0.25) is 4.79 Å². The molecule has 0 aromatic carbocycles. The van der Waals surface area contributed by atoms with E-state index in [1.165, 1.54) is 10.4 Å². The Balaban J connectivity index is 1.82. The van der Waals surface area contributed by atoms with E-state index in [9.17, 15) is 4.79 Å². The van der Waals surface area contributed by atoms with Crippen molar-refractivity contribution in [2.75, 3.05) is 26.7 Å². The number of carbonyl (C=O) groups is 1. The van der Waals surface area contributed by atoms with E-state index in [-0.39, 0.29) is 5.92 Å². The quantitative estimate of drug-likeness (QED) is 0.904. The van der Waals surface area contributed by atoms with Gasteiger partial charge in [0.05, 0.1) is 5.92 Å². The molecule has 1 aliphatic rings. The van der Waals surface area contributed by atoms with Gasteiger partial charge in [-0.25, -0.2) is 0 Å². The summed E-state index contributed by atoms with van der Waals surface area (Å²) in [6.07, 6.45) is 3.13. The van der Waals surface area contributed by atoms with Crippen LogP contribution in [0.1, 0.15) is 23.3 Å². The van der Waals surface area contributed by atoms with Gasteiger partial charge in [0, 0.05) is 25.0 Å². The molecule has 4 heteroatoms. The average Bonchev–Trinajstić information content (AvgIpc) is 2.81. The van der Waals surface area contributed by atoms with Gasteiger partial charge in [-0.05, 0) is 49.7 Å². The second-order valence-electron chi connectivity index (χ2n) is 5.08. The maximum Gasteiger partial charge on any atom is 0.226 e. The molecule has 3 nitrogen and oxygen atoms in total. The first-order chi connectivity index (χ1) is 8.68. The van der Waals surface area contributed by atoms with E-state index in [1.807, 2.05) is 11.9 Å². The number of rotatable bonds is 4. The lowest BCUT2D eigenvalue weighted by atomic mass is 9.98. The van der Waals surface area contributed by atoms with E-state index in [0.717, 1.165) is 38.9 Å². The Morgan fingerprint density at radius 3 is 3.06 bits per heavy atom. The van der Waals surface area contributed by atoms with Gasteiger partial charge >= 0.3 is 0 Å². The summed E-state index contributed by atoms with van der Waals surface area (Å²) in [7, 11) is 1.93. The molecule has 0 saturated carbocycles. The molecule has 100 valence electrons. The summed E-state index contributed by atoms with van der Waals surface area (Å²) in [6, 6.07) is 2.15. The van der Waals surface area contributed by atoms with Gasteiger partial charge in [0.15, 0.2) is 0 Å². The molecule has 1 atom stereocenters. The lowest BCUT2D eigenvalue weighted by Crippen LogP contribution is -2.42. The van der Waals surface area contributed by atoms with Crippen molar-refractivity contribution in [3.05, 3.63) is 21.9 Å². The van der Waals surface area contributed by atoms with Gasteiger partial charge in [0.2, 0.25) is 5.91 Å². The number of amides is 1. The largest absolute Gasteiger partial charge is 0.345 e. The minimum absolute atomic E-state index is 0.188. The summed E-state index contributed by atoms with van der Waals surface area (Å²) >= 11 is 1.79. The third-order valence-electron chi connectivity index (χ3n) is 3.66. The highest BCUT2D eigenvalue weighted by atomic mass is 32.1. The Morgan fingerprint density at radius 2 is 2.44 bits per heavy atom. The van der Waals surface area contributed by atoms with E-state index in [4.69, 9.17) is 0 Å². The van der Waals surface area contributed by atoms with Crippen LogP contribution in [-0.2, 0) is 11.2 Å². The van der Waals surface area contributed by atoms with Crippen LogP contribution in [0.4, 0.5) is 0 Å². The van der Waals surface area contributed by atoms with Crippen molar-refractivity contribution in [2.24, 2.45) is 5.92 Å². The van der Waals surface area contributed by atoms with E-state index < -0.39 is 0 Å². The first-order valence-corrected chi connectivity index (χ1v) is 7.55. The Morgan fingerprint density at radius 1 is 1.61 bits per heavy atom. The zero-order valence-electron chi connectivity index (χ0n) is 11.2. The van der Waals surface area contributed by atoms with Gasteiger partial charge in [-0.15, -0.1) is 11.3 Å². The molecule has 1 unspecified atom stereocenters. The molecule has 18 heavy (non-hydrogen) atoms. The topological polar surface area (TPSA) is 32.3 Å². The zero-order valence-corrected chi connectivity index (χ0v) is 12.1.